The molecule has 2 unspecified atom stereocenters. The van der Waals surface area contributed by atoms with Crippen LogP contribution in [0.25, 0.3) is 0 Å². The summed E-state index contributed by atoms with van der Waals surface area (Å²) in [6.07, 6.45) is -6.33. The zero-order valence-electron chi connectivity index (χ0n) is 15.1. The number of halogens is 1. The minimum Gasteiger partial charge on any atom is -0.387 e. The standard InChI is InChI=1S/C10H15ClN3O15P3/c11-4-1-14(9(18)5(13-4)8(12)17)10-7(16)6(15)3(27-10)2-26-31(22,23)29-32(24,25)28-30(19,20)21/h1,3,6-7,10,15-16H,2H2,(H2,12,17)(H,22,23)(H,24,25)(H2,19,20,21)/t3-,6+,7-,10-/m1/s1. The van der Waals surface area contributed by atoms with E-state index in [2.05, 4.69) is 18.1 Å². The number of phosphoric acid groups is 3. The average molecular weight is 546 g/mol. The summed E-state index contributed by atoms with van der Waals surface area (Å²) in [6.45, 7) is -1.12. The van der Waals surface area contributed by atoms with Crippen LogP contribution in [-0.2, 0) is 31.6 Å². The van der Waals surface area contributed by atoms with Crippen molar-refractivity contribution in [1.82, 2.24) is 9.55 Å². The van der Waals surface area contributed by atoms with Gasteiger partial charge in [0.2, 0.25) is 0 Å². The maximum absolute atomic E-state index is 12.3. The molecule has 1 aliphatic heterocycles. The molecule has 1 aromatic heterocycles. The van der Waals surface area contributed by atoms with E-state index in [0.29, 0.717) is 4.57 Å². The van der Waals surface area contributed by atoms with Crippen molar-refractivity contribution in [3.63, 3.8) is 0 Å². The second-order valence-electron chi connectivity index (χ2n) is 5.92. The third kappa shape index (κ3) is 6.96. The number of amides is 1. The van der Waals surface area contributed by atoms with E-state index >= 15 is 0 Å². The number of nitrogens with zero attached hydrogens (tertiary/aromatic N) is 2. The minimum atomic E-state index is -5.78. The highest BCUT2D eigenvalue weighted by atomic mass is 35.5. The molecule has 1 amide bonds. The monoisotopic (exact) mass is 545 g/mol. The lowest BCUT2D eigenvalue weighted by atomic mass is 10.1. The third-order valence-corrected chi connectivity index (χ3v) is 7.55. The number of phosphoric ester groups is 1. The first-order chi connectivity index (χ1) is 14.4. The molecule has 0 aromatic carbocycles. The second kappa shape index (κ2) is 9.66. The number of carbonyl (C=O) groups excluding carboxylic acids is 1. The SMILES string of the molecule is NC(=O)c1nc(Cl)cn([C@@H]2O[C@H](COP(=O)(O)OP(=O)(O)OP(=O)(O)O)[C@H](O)[C@H]2O)c1=O. The van der Waals surface area contributed by atoms with Crippen LogP contribution in [-0.4, -0.2) is 70.2 Å². The van der Waals surface area contributed by atoms with Crippen LogP contribution in [0.2, 0.25) is 5.15 Å². The number of hydrogen-bond donors (Lipinski definition) is 7. The summed E-state index contributed by atoms with van der Waals surface area (Å²) in [4.78, 5) is 62.5. The number of primary amides is 1. The summed E-state index contributed by atoms with van der Waals surface area (Å²) in [7, 11) is -16.9. The summed E-state index contributed by atoms with van der Waals surface area (Å²) in [6, 6.07) is 0. The number of ether oxygens (including phenoxy) is 1. The van der Waals surface area contributed by atoms with Gasteiger partial charge in [-0.1, -0.05) is 11.6 Å². The summed E-state index contributed by atoms with van der Waals surface area (Å²) in [5.41, 5.74) is 3.02. The number of aliphatic hydroxyl groups is 2. The predicted molar refractivity (Wildman–Crippen MR) is 97.8 cm³/mol. The van der Waals surface area contributed by atoms with Crippen molar-refractivity contribution in [3.8, 4) is 0 Å². The van der Waals surface area contributed by atoms with Crippen LogP contribution in [0.15, 0.2) is 11.0 Å². The van der Waals surface area contributed by atoms with Gasteiger partial charge in [0.05, 0.1) is 6.61 Å². The molecule has 6 atom stereocenters. The van der Waals surface area contributed by atoms with E-state index in [1.165, 1.54) is 0 Å². The van der Waals surface area contributed by atoms with Gasteiger partial charge in [0.25, 0.3) is 11.5 Å². The van der Waals surface area contributed by atoms with Crippen molar-refractivity contribution in [1.29, 1.82) is 0 Å². The van der Waals surface area contributed by atoms with E-state index in [-0.39, 0.29) is 0 Å². The smallest absolute Gasteiger partial charge is 0.387 e. The summed E-state index contributed by atoms with van der Waals surface area (Å²) >= 11 is 5.69. The molecule has 2 heterocycles. The Morgan fingerprint density at radius 2 is 1.75 bits per heavy atom. The average Bonchev–Trinajstić information content (AvgIpc) is 2.86. The predicted octanol–water partition coefficient (Wildman–Crippen LogP) is -2.04. The fourth-order valence-corrected chi connectivity index (χ4v) is 5.62. The van der Waals surface area contributed by atoms with E-state index in [1.807, 2.05) is 0 Å². The summed E-state index contributed by atoms with van der Waals surface area (Å²) in [5.74, 6) is -1.26. The van der Waals surface area contributed by atoms with Crippen molar-refractivity contribution in [2.45, 2.75) is 24.5 Å². The first-order valence-electron chi connectivity index (χ1n) is 7.81. The van der Waals surface area contributed by atoms with Gasteiger partial charge in [-0.05, 0) is 0 Å². The Bertz CT molecular complexity index is 1090. The van der Waals surface area contributed by atoms with Gasteiger partial charge in [-0.3, -0.25) is 18.7 Å². The van der Waals surface area contributed by atoms with Crippen molar-refractivity contribution < 1.29 is 66.2 Å². The molecule has 22 heteroatoms. The van der Waals surface area contributed by atoms with Crippen LogP contribution < -0.4 is 11.3 Å². The Kier molecular flexibility index (Phi) is 8.20. The molecule has 1 aliphatic rings. The molecule has 0 bridgehead atoms. The van der Waals surface area contributed by atoms with Gasteiger partial charge in [-0.2, -0.15) is 8.62 Å². The lowest BCUT2D eigenvalue weighted by molar-refractivity contribution is -0.0537. The van der Waals surface area contributed by atoms with Crippen LogP contribution in [0.1, 0.15) is 16.7 Å². The molecule has 8 N–H and O–H groups in total. The molecule has 0 radical (unpaired) electrons. The summed E-state index contributed by atoms with van der Waals surface area (Å²) in [5, 5.41) is 19.8. The van der Waals surface area contributed by atoms with E-state index < -0.39 is 76.9 Å². The van der Waals surface area contributed by atoms with Crippen LogP contribution in [0.5, 0.6) is 0 Å². The highest BCUT2D eigenvalue weighted by Crippen LogP contribution is 2.66. The van der Waals surface area contributed by atoms with Gasteiger partial charge in [0.1, 0.15) is 23.5 Å². The molecule has 32 heavy (non-hydrogen) atoms. The van der Waals surface area contributed by atoms with Gasteiger partial charge in [-0.25, -0.2) is 18.7 Å². The molecule has 1 fully saturated rings. The highest BCUT2D eigenvalue weighted by molar-refractivity contribution is 7.66. The molecule has 0 aliphatic carbocycles. The van der Waals surface area contributed by atoms with Crippen LogP contribution in [0.3, 0.4) is 0 Å². The molecule has 182 valence electrons. The zero-order valence-corrected chi connectivity index (χ0v) is 18.6. The van der Waals surface area contributed by atoms with Gasteiger partial charge in [0, 0.05) is 6.20 Å². The second-order valence-corrected chi connectivity index (χ2v) is 10.7. The maximum Gasteiger partial charge on any atom is 0.490 e. The van der Waals surface area contributed by atoms with Crippen molar-refractivity contribution in [2.75, 3.05) is 6.61 Å². The quantitative estimate of drug-likeness (QED) is 0.164. The normalized spacial score (nSPS) is 27.6. The number of aromatic nitrogens is 2. The summed E-state index contributed by atoms with van der Waals surface area (Å²) < 4.78 is 50.7. The third-order valence-electron chi connectivity index (χ3n) is 3.56. The Hall–Kier alpha value is -1.07. The van der Waals surface area contributed by atoms with Crippen LogP contribution in [0, 0.1) is 0 Å². The van der Waals surface area contributed by atoms with E-state index in [0.717, 1.165) is 6.20 Å². The van der Waals surface area contributed by atoms with Gasteiger partial charge in [0.15, 0.2) is 11.9 Å². The van der Waals surface area contributed by atoms with Crippen LogP contribution >= 0.6 is 35.1 Å². The topological polar surface area (TPSA) is 287 Å². The van der Waals surface area contributed by atoms with Gasteiger partial charge < -0.3 is 40.3 Å². The zero-order chi connectivity index (χ0) is 24.6. The Morgan fingerprint density at radius 3 is 2.28 bits per heavy atom. The van der Waals surface area contributed by atoms with E-state index in [9.17, 15) is 38.4 Å². The largest absolute Gasteiger partial charge is 0.490 e. The van der Waals surface area contributed by atoms with Crippen molar-refractivity contribution in [2.24, 2.45) is 5.73 Å². The van der Waals surface area contributed by atoms with Crippen LogP contribution in [0.4, 0.5) is 0 Å². The minimum absolute atomic E-state index is 0.416. The number of aliphatic hydroxyl groups excluding tert-OH is 2. The van der Waals surface area contributed by atoms with Crippen molar-refractivity contribution in [3.05, 3.63) is 27.4 Å². The first kappa shape index (κ1) is 27.2. The molecule has 1 aromatic rings. The van der Waals surface area contributed by atoms with E-state index in [1.54, 1.807) is 0 Å². The molecule has 2 rings (SSSR count). The highest BCUT2D eigenvalue weighted by Gasteiger charge is 2.47. The Balaban J connectivity index is 2.16. The number of rotatable bonds is 9. The molecular weight excluding hydrogens is 530 g/mol. The Morgan fingerprint density at radius 1 is 1.16 bits per heavy atom. The lowest BCUT2D eigenvalue weighted by Crippen LogP contribution is -2.38. The van der Waals surface area contributed by atoms with Gasteiger partial charge in [-0.15, -0.1) is 0 Å². The molecule has 0 spiro atoms. The molecule has 18 nitrogen and oxygen atoms in total. The molecule has 0 saturated carbocycles. The maximum atomic E-state index is 12.3. The number of hydrogen-bond acceptors (Lipinski definition) is 12. The lowest BCUT2D eigenvalue weighted by Gasteiger charge is -2.19. The molecular formula is C10H15ClN3O15P3. The van der Waals surface area contributed by atoms with Gasteiger partial charge >= 0.3 is 23.5 Å². The van der Waals surface area contributed by atoms with E-state index in [4.69, 9.17) is 36.8 Å². The molecule has 1 saturated heterocycles. The van der Waals surface area contributed by atoms with Crippen molar-refractivity contribution >= 4 is 41.0 Å². The fraction of sp³-hybridized carbons (Fsp3) is 0.500. The first-order valence-corrected chi connectivity index (χ1v) is 12.7. The number of nitrogens with two attached hydrogens (primary N) is 1. The number of carbonyl (C=O) groups is 1. The fourth-order valence-electron chi connectivity index (χ4n) is 2.40. The Labute approximate surface area is 181 Å².